The van der Waals surface area contributed by atoms with Crippen LogP contribution in [0, 0.1) is 5.92 Å². The monoisotopic (exact) mass is 405 g/mol. The van der Waals surface area contributed by atoms with Gasteiger partial charge in [0, 0.05) is 43.7 Å². The molecule has 2 N–H and O–H groups in total. The van der Waals surface area contributed by atoms with Gasteiger partial charge in [-0.25, -0.2) is 9.78 Å². The SMILES string of the molecule is CN1Cc2ccnn2CC(CNC(=O)c2cscn2)C1.O=C(O)C(F)(F)F. The average molecular weight is 405 g/mol. The second-order valence-electron chi connectivity index (χ2n) is 5.95. The van der Waals surface area contributed by atoms with E-state index < -0.39 is 12.1 Å². The number of nitrogens with one attached hydrogen (secondary N) is 1. The van der Waals surface area contributed by atoms with E-state index in [1.807, 2.05) is 16.9 Å². The van der Waals surface area contributed by atoms with Crippen LogP contribution in [0.15, 0.2) is 23.2 Å². The van der Waals surface area contributed by atoms with E-state index in [1.165, 1.54) is 17.0 Å². The minimum Gasteiger partial charge on any atom is -0.475 e. The van der Waals surface area contributed by atoms with Crippen LogP contribution in [-0.4, -0.2) is 63.0 Å². The van der Waals surface area contributed by atoms with Crippen molar-refractivity contribution in [2.45, 2.75) is 19.3 Å². The fraction of sp³-hybridized carbons (Fsp3) is 0.467. The number of carbonyl (C=O) groups is 2. The summed E-state index contributed by atoms with van der Waals surface area (Å²) in [5.41, 5.74) is 3.39. The van der Waals surface area contributed by atoms with Gasteiger partial charge in [-0.2, -0.15) is 18.3 Å². The molecule has 0 radical (unpaired) electrons. The lowest BCUT2D eigenvalue weighted by Gasteiger charge is -2.19. The standard InChI is InChI=1S/C13H17N5OS.C2HF3O2/c1-17-5-10(6-18-11(7-17)2-3-16-18)4-14-13(19)12-8-20-9-15-12;3-2(4,5)1(6)7/h2-3,8-10H,4-7H2,1H3,(H,14,19);(H,6,7). The third-order valence-electron chi connectivity index (χ3n) is 3.70. The van der Waals surface area contributed by atoms with E-state index in [-0.39, 0.29) is 5.91 Å². The van der Waals surface area contributed by atoms with Gasteiger partial charge in [0.15, 0.2) is 0 Å². The Labute approximate surface area is 156 Å². The highest BCUT2D eigenvalue weighted by Gasteiger charge is 2.38. The number of nitrogens with zero attached hydrogens (tertiary/aromatic N) is 4. The van der Waals surface area contributed by atoms with Crippen LogP contribution >= 0.6 is 11.3 Å². The molecule has 8 nitrogen and oxygen atoms in total. The second kappa shape index (κ2) is 8.95. The van der Waals surface area contributed by atoms with Crippen LogP contribution in [0.1, 0.15) is 16.2 Å². The van der Waals surface area contributed by atoms with Crippen molar-refractivity contribution in [1.82, 2.24) is 25.0 Å². The predicted molar refractivity (Wildman–Crippen MR) is 90.2 cm³/mol. The van der Waals surface area contributed by atoms with E-state index in [0.29, 0.717) is 18.2 Å². The molecule has 0 bridgehead atoms. The molecule has 0 spiro atoms. The van der Waals surface area contributed by atoms with Crippen molar-refractivity contribution < 1.29 is 27.9 Å². The summed E-state index contributed by atoms with van der Waals surface area (Å²) in [5.74, 6) is -2.50. The maximum atomic E-state index is 11.9. The summed E-state index contributed by atoms with van der Waals surface area (Å²) in [6.07, 6.45) is -3.25. The number of hydrogen-bond acceptors (Lipinski definition) is 6. The molecule has 3 heterocycles. The van der Waals surface area contributed by atoms with Crippen molar-refractivity contribution in [3.63, 3.8) is 0 Å². The van der Waals surface area contributed by atoms with Crippen LogP contribution in [-0.2, 0) is 17.9 Å². The molecule has 0 aromatic carbocycles. The molecule has 1 amide bonds. The van der Waals surface area contributed by atoms with Gasteiger partial charge in [0.2, 0.25) is 0 Å². The van der Waals surface area contributed by atoms with Gasteiger partial charge in [-0.3, -0.25) is 9.48 Å². The topological polar surface area (TPSA) is 100 Å². The van der Waals surface area contributed by atoms with Gasteiger partial charge < -0.3 is 15.3 Å². The fourth-order valence-electron chi connectivity index (χ4n) is 2.52. The van der Waals surface area contributed by atoms with Gasteiger partial charge in [0.05, 0.1) is 11.2 Å². The molecule has 0 fully saturated rings. The summed E-state index contributed by atoms with van der Waals surface area (Å²) in [5, 5.41) is 16.2. The zero-order valence-electron chi connectivity index (χ0n) is 14.3. The van der Waals surface area contributed by atoms with Crippen molar-refractivity contribution in [2.24, 2.45) is 5.92 Å². The van der Waals surface area contributed by atoms with Gasteiger partial charge in [-0.05, 0) is 13.1 Å². The number of aliphatic carboxylic acids is 1. The van der Waals surface area contributed by atoms with Crippen LogP contribution in [0.25, 0.3) is 0 Å². The molecule has 2 aromatic rings. The van der Waals surface area contributed by atoms with Gasteiger partial charge >= 0.3 is 12.1 Å². The molecule has 1 aliphatic heterocycles. The molecular formula is C15H18F3N5O3S. The molecule has 27 heavy (non-hydrogen) atoms. The Bertz CT molecular complexity index is 763. The number of halogens is 3. The van der Waals surface area contributed by atoms with Crippen molar-refractivity contribution in [1.29, 1.82) is 0 Å². The van der Waals surface area contributed by atoms with Crippen molar-refractivity contribution in [3.05, 3.63) is 34.5 Å². The highest BCUT2D eigenvalue weighted by atomic mass is 32.1. The number of rotatable bonds is 3. The smallest absolute Gasteiger partial charge is 0.475 e. The Hall–Kier alpha value is -2.47. The quantitative estimate of drug-likeness (QED) is 0.802. The van der Waals surface area contributed by atoms with Gasteiger partial charge in [-0.15, -0.1) is 11.3 Å². The lowest BCUT2D eigenvalue weighted by molar-refractivity contribution is -0.192. The van der Waals surface area contributed by atoms with E-state index in [1.54, 1.807) is 10.9 Å². The third kappa shape index (κ3) is 6.32. The van der Waals surface area contributed by atoms with Gasteiger partial charge in [0.1, 0.15) is 5.69 Å². The summed E-state index contributed by atoms with van der Waals surface area (Å²) in [7, 11) is 2.10. The van der Waals surface area contributed by atoms with E-state index in [9.17, 15) is 18.0 Å². The highest BCUT2D eigenvalue weighted by molar-refractivity contribution is 7.07. The molecule has 1 unspecified atom stereocenters. The third-order valence-corrected chi connectivity index (χ3v) is 4.28. The fourth-order valence-corrected chi connectivity index (χ4v) is 3.06. The zero-order valence-corrected chi connectivity index (χ0v) is 15.1. The van der Waals surface area contributed by atoms with Crippen molar-refractivity contribution in [2.75, 3.05) is 20.1 Å². The molecule has 148 valence electrons. The number of hydrogen-bond donors (Lipinski definition) is 2. The summed E-state index contributed by atoms with van der Waals surface area (Å²) in [4.78, 5) is 27.1. The molecule has 0 aliphatic carbocycles. The minimum absolute atomic E-state index is 0.0983. The summed E-state index contributed by atoms with van der Waals surface area (Å²) < 4.78 is 33.8. The molecule has 12 heteroatoms. The van der Waals surface area contributed by atoms with E-state index in [2.05, 4.69) is 27.3 Å². The minimum atomic E-state index is -5.08. The van der Waals surface area contributed by atoms with Gasteiger partial charge in [-0.1, -0.05) is 0 Å². The normalized spacial score (nSPS) is 17.3. The molecule has 1 atom stereocenters. The van der Waals surface area contributed by atoms with E-state index in [4.69, 9.17) is 9.90 Å². The van der Waals surface area contributed by atoms with Gasteiger partial charge in [0.25, 0.3) is 5.91 Å². The summed E-state index contributed by atoms with van der Waals surface area (Å²) in [6, 6.07) is 2.05. The number of carbonyl (C=O) groups excluding carboxylic acids is 1. The lowest BCUT2D eigenvalue weighted by atomic mass is 10.1. The molecule has 2 aromatic heterocycles. The first-order chi connectivity index (χ1) is 12.7. The van der Waals surface area contributed by atoms with E-state index in [0.717, 1.165) is 19.6 Å². The number of carboxylic acids is 1. The van der Waals surface area contributed by atoms with Crippen LogP contribution < -0.4 is 5.32 Å². The van der Waals surface area contributed by atoms with Crippen LogP contribution in [0.4, 0.5) is 13.2 Å². The van der Waals surface area contributed by atoms with Crippen LogP contribution in [0.2, 0.25) is 0 Å². The summed E-state index contributed by atoms with van der Waals surface area (Å²) in [6.45, 7) is 3.32. The Morgan fingerprint density at radius 2 is 2.11 bits per heavy atom. The Balaban J connectivity index is 0.000000321. The first kappa shape index (κ1) is 20.8. The second-order valence-corrected chi connectivity index (χ2v) is 6.67. The molecule has 3 rings (SSSR count). The first-order valence-electron chi connectivity index (χ1n) is 7.82. The van der Waals surface area contributed by atoms with Crippen LogP contribution in [0.5, 0.6) is 0 Å². The number of amides is 1. The predicted octanol–water partition coefficient (Wildman–Crippen LogP) is 1.46. The largest absolute Gasteiger partial charge is 0.490 e. The number of thiazole rings is 1. The van der Waals surface area contributed by atoms with Crippen molar-refractivity contribution in [3.8, 4) is 0 Å². The zero-order chi connectivity index (χ0) is 20.0. The number of alkyl halides is 3. The highest BCUT2D eigenvalue weighted by Crippen LogP contribution is 2.14. The molecule has 1 aliphatic rings. The molecule has 0 saturated carbocycles. The van der Waals surface area contributed by atoms with Crippen LogP contribution in [0.3, 0.4) is 0 Å². The maximum absolute atomic E-state index is 11.9. The Morgan fingerprint density at radius 3 is 2.70 bits per heavy atom. The van der Waals surface area contributed by atoms with E-state index >= 15 is 0 Å². The lowest BCUT2D eigenvalue weighted by Crippen LogP contribution is -2.35. The summed E-state index contributed by atoms with van der Waals surface area (Å²) >= 11 is 1.43. The Morgan fingerprint density at radius 1 is 1.41 bits per heavy atom. The first-order valence-corrected chi connectivity index (χ1v) is 8.77. The Kier molecular flexibility index (Phi) is 6.91. The number of fused-ring (bicyclic) bond motifs is 1. The molecular weight excluding hydrogens is 387 g/mol. The maximum Gasteiger partial charge on any atom is 0.490 e. The number of aromatic nitrogens is 3. The average Bonchev–Trinajstić information content (AvgIpc) is 3.22. The molecule has 0 saturated heterocycles. The number of carboxylic acid groups (broad SMARTS) is 1. The van der Waals surface area contributed by atoms with Crippen molar-refractivity contribution >= 4 is 23.2 Å².